The highest BCUT2D eigenvalue weighted by atomic mass is 35.5. The van der Waals surface area contributed by atoms with Crippen molar-refractivity contribution in [1.29, 1.82) is 0 Å². The van der Waals surface area contributed by atoms with E-state index in [1.54, 1.807) is 10.6 Å². The molecule has 2 heterocycles. The molecule has 0 amide bonds. The van der Waals surface area contributed by atoms with Gasteiger partial charge in [-0.05, 0) is 19.1 Å². The zero-order valence-electron chi connectivity index (χ0n) is 7.03. The van der Waals surface area contributed by atoms with Crippen LogP contribution < -0.4 is 0 Å². The molecule has 0 spiro atoms. The van der Waals surface area contributed by atoms with Gasteiger partial charge in [-0.1, -0.05) is 11.6 Å². The Morgan fingerprint density at radius 3 is 3.00 bits per heavy atom. The first-order chi connectivity index (χ1) is 6.22. The Hall–Kier alpha value is -1.13. The number of aromatic nitrogens is 3. The average Bonchev–Trinajstić information content (AvgIpc) is 2.42. The molecular weight excluding hydrogens is 190 g/mol. The van der Waals surface area contributed by atoms with Gasteiger partial charge in [0.15, 0.2) is 5.82 Å². The summed E-state index contributed by atoms with van der Waals surface area (Å²) in [6.07, 6.45) is 0. The number of aliphatic hydroxyl groups is 1. The van der Waals surface area contributed by atoms with Crippen LogP contribution in [0.4, 0.5) is 0 Å². The summed E-state index contributed by atoms with van der Waals surface area (Å²) >= 11 is 5.72. The fourth-order valence-electron chi connectivity index (χ4n) is 1.27. The Balaban J connectivity index is 2.81. The van der Waals surface area contributed by atoms with Crippen molar-refractivity contribution in [2.24, 2.45) is 0 Å². The van der Waals surface area contributed by atoms with Gasteiger partial charge in [0, 0.05) is 0 Å². The number of rotatable bonds is 1. The van der Waals surface area contributed by atoms with Crippen molar-refractivity contribution in [3.05, 3.63) is 28.8 Å². The molecule has 0 aliphatic rings. The molecule has 2 aromatic heterocycles. The summed E-state index contributed by atoms with van der Waals surface area (Å²) in [5.74, 6) is 0.509. The molecule has 68 valence electrons. The van der Waals surface area contributed by atoms with Gasteiger partial charge < -0.3 is 5.11 Å². The Bertz CT molecular complexity index is 452. The quantitative estimate of drug-likeness (QED) is 0.747. The largest absolute Gasteiger partial charge is 0.388 e. The predicted molar refractivity (Wildman–Crippen MR) is 48.7 cm³/mol. The van der Waals surface area contributed by atoms with Gasteiger partial charge in [-0.25, -0.2) is 9.50 Å². The first-order valence-corrected chi connectivity index (χ1v) is 4.22. The zero-order valence-corrected chi connectivity index (χ0v) is 7.78. The van der Waals surface area contributed by atoms with Crippen molar-refractivity contribution in [2.45, 2.75) is 13.5 Å². The first-order valence-electron chi connectivity index (χ1n) is 3.84. The second-order valence-electron chi connectivity index (χ2n) is 2.72. The van der Waals surface area contributed by atoms with Crippen molar-refractivity contribution in [2.75, 3.05) is 0 Å². The lowest BCUT2D eigenvalue weighted by Gasteiger charge is -1.96. The SMILES string of the molecule is Cc1nc(CO)n2nc(Cl)ccc12. The number of nitrogens with zero attached hydrogens (tertiary/aromatic N) is 3. The molecule has 0 atom stereocenters. The Morgan fingerprint density at radius 1 is 1.54 bits per heavy atom. The van der Waals surface area contributed by atoms with Crippen molar-refractivity contribution < 1.29 is 5.11 Å². The summed E-state index contributed by atoms with van der Waals surface area (Å²) in [7, 11) is 0. The van der Waals surface area contributed by atoms with Crippen LogP contribution in [0.5, 0.6) is 0 Å². The number of fused-ring (bicyclic) bond motifs is 1. The maximum absolute atomic E-state index is 8.97. The van der Waals surface area contributed by atoms with E-state index in [1.165, 1.54) is 0 Å². The Morgan fingerprint density at radius 2 is 2.31 bits per heavy atom. The molecule has 0 saturated carbocycles. The van der Waals surface area contributed by atoms with Gasteiger partial charge >= 0.3 is 0 Å². The van der Waals surface area contributed by atoms with Gasteiger partial charge in [-0.2, -0.15) is 5.10 Å². The number of halogens is 1. The highest BCUT2D eigenvalue weighted by molar-refractivity contribution is 6.29. The number of aryl methyl sites for hydroxylation is 1. The Kier molecular flexibility index (Phi) is 1.94. The van der Waals surface area contributed by atoms with E-state index in [4.69, 9.17) is 16.7 Å². The maximum atomic E-state index is 8.97. The van der Waals surface area contributed by atoms with Crippen LogP contribution in [0.1, 0.15) is 11.5 Å². The van der Waals surface area contributed by atoms with Gasteiger partial charge in [0.05, 0.1) is 11.2 Å². The van der Waals surface area contributed by atoms with Crippen LogP contribution in [-0.2, 0) is 6.61 Å². The third kappa shape index (κ3) is 1.28. The van der Waals surface area contributed by atoms with Crippen molar-refractivity contribution >= 4 is 17.1 Å². The van der Waals surface area contributed by atoms with Gasteiger partial charge in [0.1, 0.15) is 11.8 Å². The molecule has 13 heavy (non-hydrogen) atoms. The monoisotopic (exact) mass is 197 g/mol. The molecule has 0 aliphatic carbocycles. The van der Waals surface area contributed by atoms with Gasteiger partial charge in [-0.3, -0.25) is 0 Å². The van der Waals surface area contributed by atoms with E-state index in [0.717, 1.165) is 11.2 Å². The molecule has 0 saturated heterocycles. The normalized spacial score (nSPS) is 11.0. The standard InChI is InChI=1S/C8H8ClN3O/c1-5-6-2-3-7(9)11-12(6)8(4-13)10-5/h2-3,13H,4H2,1H3. The third-order valence-electron chi connectivity index (χ3n) is 1.86. The highest BCUT2D eigenvalue weighted by Gasteiger charge is 2.07. The van der Waals surface area contributed by atoms with Crippen molar-refractivity contribution in [3.63, 3.8) is 0 Å². The lowest BCUT2D eigenvalue weighted by atomic mass is 10.4. The van der Waals surface area contributed by atoms with Gasteiger partial charge in [0.25, 0.3) is 0 Å². The summed E-state index contributed by atoms with van der Waals surface area (Å²) in [5, 5.41) is 13.4. The lowest BCUT2D eigenvalue weighted by molar-refractivity contribution is 0.269. The number of aliphatic hydroxyl groups excluding tert-OH is 1. The summed E-state index contributed by atoms with van der Waals surface area (Å²) in [6.45, 7) is 1.73. The first kappa shape index (κ1) is 8.47. The van der Waals surface area contributed by atoms with E-state index in [9.17, 15) is 0 Å². The molecule has 0 radical (unpaired) electrons. The molecule has 0 fully saturated rings. The summed E-state index contributed by atoms with van der Waals surface area (Å²) in [4.78, 5) is 4.14. The maximum Gasteiger partial charge on any atom is 0.156 e. The minimum absolute atomic E-state index is 0.137. The lowest BCUT2D eigenvalue weighted by Crippen LogP contribution is -1.97. The molecule has 0 bridgehead atoms. The number of hydrogen-bond donors (Lipinski definition) is 1. The van der Waals surface area contributed by atoms with Crippen LogP contribution in [0.25, 0.3) is 5.52 Å². The number of imidazole rings is 1. The van der Waals surface area contributed by atoms with E-state index in [0.29, 0.717) is 11.0 Å². The second kappa shape index (κ2) is 2.97. The van der Waals surface area contributed by atoms with Crippen molar-refractivity contribution in [1.82, 2.24) is 14.6 Å². The smallest absolute Gasteiger partial charge is 0.156 e. The van der Waals surface area contributed by atoms with E-state index >= 15 is 0 Å². The second-order valence-corrected chi connectivity index (χ2v) is 3.11. The third-order valence-corrected chi connectivity index (χ3v) is 2.06. The van der Waals surface area contributed by atoms with E-state index in [2.05, 4.69) is 10.1 Å². The molecule has 2 aromatic rings. The van der Waals surface area contributed by atoms with E-state index in [1.807, 2.05) is 13.0 Å². The fraction of sp³-hybridized carbons (Fsp3) is 0.250. The Labute approximate surface area is 79.8 Å². The summed E-state index contributed by atoms with van der Waals surface area (Å²) in [6, 6.07) is 3.53. The van der Waals surface area contributed by atoms with E-state index < -0.39 is 0 Å². The minimum atomic E-state index is -0.137. The average molecular weight is 198 g/mol. The molecule has 4 nitrogen and oxygen atoms in total. The van der Waals surface area contributed by atoms with Crippen LogP contribution in [0.2, 0.25) is 5.15 Å². The highest BCUT2D eigenvalue weighted by Crippen LogP contribution is 2.13. The van der Waals surface area contributed by atoms with Crippen LogP contribution >= 0.6 is 11.6 Å². The predicted octanol–water partition coefficient (Wildman–Crippen LogP) is 1.18. The zero-order chi connectivity index (χ0) is 9.42. The summed E-state index contributed by atoms with van der Waals surface area (Å²) < 4.78 is 1.55. The summed E-state index contributed by atoms with van der Waals surface area (Å²) in [5.41, 5.74) is 1.71. The minimum Gasteiger partial charge on any atom is -0.388 e. The molecule has 2 rings (SSSR count). The van der Waals surface area contributed by atoms with Crippen molar-refractivity contribution in [3.8, 4) is 0 Å². The molecule has 0 aliphatic heterocycles. The molecular formula is C8H8ClN3O. The van der Waals surface area contributed by atoms with Gasteiger partial charge in [-0.15, -0.1) is 0 Å². The fourth-order valence-corrected chi connectivity index (χ4v) is 1.41. The van der Waals surface area contributed by atoms with Crippen LogP contribution in [0.3, 0.4) is 0 Å². The van der Waals surface area contributed by atoms with E-state index in [-0.39, 0.29) is 6.61 Å². The van der Waals surface area contributed by atoms with Crippen LogP contribution in [0.15, 0.2) is 12.1 Å². The van der Waals surface area contributed by atoms with Gasteiger partial charge in [0.2, 0.25) is 0 Å². The van der Waals surface area contributed by atoms with Crippen LogP contribution in [-0.4, -0.2) is 19.7 Å². The topological polar surface area (TPSA) is 50.4 Å². The molecule has 0 unspecified atom stereocenters. The molecule has 0 aromatic carbocycles. The van der Waals surface area contributed by atoms with Crippen LogP contribution in [0, 0.1) is 6.92 Å². The molecule has 5 heteroatoms. The number of hydrogen-bond acceptors (Lipinski definition) is 3. The molecule has 1 N–H and O–H groups in total.